The smallest absolute Gasteiger partial charge is 0.255 e. The standard InChI is InChI=1S/C19H19ClF2N6O2/c1-9-14(22)15(30-3)25-18(24-9)28-7-12-16(29)27(2)17(23)26-19(12,8-28)11-6-10(21)4-5-13(11)20/h4-6,12H,7-8H2,1-3H3,(H2,23,26)/t12-,19+/m0/s1. The Hall–Kier alpha value is -3.01. The van der Waals surface area contributed by atoms with Gasteiger partial charge in [0.15, 0.2) is 5.96 Å². The predicted molar refractivity (Wildman–Crippen MR) is 106 cm³/mol. The molecule has 0 spiro atoms. The van der Waals surface area contributed by atoms with E-state index in [1.807, 2.05) is 0 Å². The Morgan fingerprint density at radius 2 is 2.07 bits per heavy atom. The second-order valence-electron chi connectivity index (χ2n) is 7.28. The largest absolute Gasteiger partial charge is 0.479 e. The van der Waals surface area contributed by atoms with Gasteiger partial charge in [-0.05, 0) is 25.1 Å². The molecule has 1 fully saturated rings. The molecule has 0 bridgehead atoms. The number of aryl methyl sites for hydroxylation is 1. The first-order valence-electron chi connectivity index (χ1n) is 9.09. The van der Waals surface area contributed by atoms with Crippen molar-refractivity contribution in [2.24, 2.45) is 16.6 Å². The Bertz CT molecular complexity index is 1080. The van der Waals surface area contributed by atoms with Crippen molar-refractivity contribution in [3.8, 4) is 5.88 Å². The third kappa shape index (κ3) is 2.94. The van der Waals surface area contributed by atoms with Gasteiger partial charge in [0, 0.05) is 24.2 Å². The number of hydrogen-bond acceptors (Lipinski definition) is 7. The van der Waals surface area contributed by atoms with E-state index in [0.717, 1.165) is 0 Å². The third-order valence-electron chi connectivity index (χ3n) is 5.54. The molecular weight excluding hydrogens is 418 g/mol. The molecule has 2 aliphatic rings. The van der Waals surface area contributed by atoms with Crippen molar-refractivity contribution in [1.29, 1.82) is 0 Å². The summed E-state index contributed by atoms with van der Waals surface area (Å²) in [6.45, 7) is 1.73. The summed E-state index contributed by atoms with van der Waals surface area (Å²) in [5.74, 6) is -2.26. The zero-order valence-corrected chi connectivity index (χ0v) is 17.2. The first kappa shape index (κ1) is 20.3. The van der Waals surface area contributed by atoms with Crippen molar-refractivity contribution in [3.05, 3.63) is 46.1 Å². The number of guanidine groups is 1. The van der Waals surface area contributed by atoms with Crippen molar-refractivity contribution in [3.63, 3.8) is 0 Å². The number of ether oxygens (including phenoxy) is 1. The summed E-state index contributed by atoms with van der Waals surface area (Å²) in [6, 6.07) is 3.90. The van der Waals surface area contributed by atoms with Crippen LogP contribution in [-0.2, 0) is 10.3 Å². The number of nitrogens with zero attached hydrogens (tertiary/aromatic N) is 5. The van der Waals surface area contributed by atoms with Gasteiger partial charge in [-0.3, -0.25) is 9.69 Å². The van der Waals surface area contributed by atoms with Crippen LogP contribution in [0, 0.1) is 24.5 Å². The highest BCUT2D eigenvalue weighted by Crippen LogP contribution is 2.47. The van der Waals surface area contributed by atoms with Gasteiger partial charge in [-0.25, -0.2) is 14.4 Å². The van der Waals surface area contributed by atoms with Gasteiger partial charge in [-0.15, -0.1) is 0 Å². The van der Waals surface area contributed by atoms with E-state index in [0.29, 0.717) is 5.56 Å². The maximum absolute atomic E-state index is 14.1. The number of anilines is 1. The predicted octanol–water partition coefficient (Wildman–Crippen LogP) is 1.84. The highest BCUT2D eigenvalue weighted by molar-refractivity contribution is 6.31. The number of rotatable bonds is 3. The molecule has 2 aliphatic heterocycles. The highest BCUT2D eigenvalue weighted by Gasteiger charge is 2.56. The van der Waals surface area contributed by atoms with E-state index < -0.39 is 23.1 Å². The monoisotopic (exact) mass is 436 g/mol. The number of methoxy groups -OCH3 is 1. The van der Waals surface area contributed by atoms with Crippen LogP contribution < -0.4 is 15.4 Å². The van der Waals surface area contributed by atoms with Gasteiger partial charge in [-0.1, -0.05) is 11.6 Å². The molecular formula is C19H19ClF2N6O2. The van der Waals surface area contributed by atoms with Crippen molar-refractivity contribution in [2.75, 3.05) is 32.1 Å². The minimum atomic E-state index is -1.24. The minimum absolute atomic E-state index is 0.00721. The average molecular weight is 437 g/mol. The van der Waals surface area contributed by atoms with Crippen LogP contribution in [0.3, 0.4) is 0 Å². The quantitative estimate of drug-likeness (QED) is 0.788. The summed E-state index contributed by atoms with van der Waals surface area (Å²) < 4.78 is 33.3. The lowest BCUT2D eigenvalue weighted by molar-refractivity contribution is -0.132. The van der Waals surface area contributed by atoms with E-state index in [4.69, 9.17) is 22.1 Å². The van der Waals surface area contributed by atoms with Crippen LogP contribution in [0.15, 0.2) is 23.2 Å². The maximum Gasteiger partial charge on any atom is 0.255 e. The summed E-state index contributed by atoms with van der Waals surface area (Å²) in [5, 5.41) is 0.255. The van der Waals surface area contributed by atoms with Crippen LogP contribution in [0.5, 0.6) is 5.88 Å². The highest BCUT2D eigenvalue weighted by atomic mass is 35.5. The lowest BCUT2D eigenvalue weighted by Crippen LogP contribution is -2.54. The summed E-state index contributed by atoms with van der Waals surface area (Å²) in [5.41, 5.74) is 5.20. The molecule has 2 N–H and O–H groups in total. The van der Waals surface area contributed by atoms with E-state index in [1.54, 1.807) is 4.90 Å². The van der Waals surface area contributed by atoms with E-state index in [1.165, 1.54) is 44.2 Å². The number of aromatic nitrogens is 2. The number of fused-ring (bicyclic) bond motifs is 1. The number of nitrogens with two attached hydrogens (primary N) is 1. The number of halogens is 3. The van der Waals surface area contributed by atoms with E-state index in [2.05, 4.69) is 15.0 Å². The lowest BCUT2D eigenvalue weighted by atomic mass is 9.79. The fraction of sp³-hybridized carbons (Fsp3) is 0.368. The molecule has 2 aromatic rings. The average Bonchev–Trinajstić information content (AvgIpc) is 3.10. The molecule has 8 nitrogen and oxygen atoms in total. The Balaban J connectivity index is 1.88. The lowest BCUT2D eigenvalue weighted by Gasteiger charge is -2.38. The maximum atomic E-state index is 14.1. The summed E-state index contributed by atoms with van der Waals surface area (Å²) in [7, 11) is 2.82. The van der Waals surface area contributed by atoms with Crippen LogP contribution in [0.2, 0.25) is 5.02 Å². The van der Waals surface area contributed by atoms with Gasteiger partial charge < -0.3 is 15.4 Å². The Morgan fingerprint density at radius 1 is 1.33 bits per heavy atom. The van der Waals surface area contributed by atoms with Crippen LogP contribution in [0.4, 0.5) is 14.7 Å². The van der Waals surface area contributed by atoms with Crippen molar-refractivity contribution < 1.29 is 18.3 Å². The first-order valence-corrected chi connectivity index (χ1v) is 9.47. The minimum Gasteiger partial charge on any atom is -0.479 e. The zero-order chi connectivity index (χ0) is 21.8. The van der Waals surface area contributed by atoms with Crippen molar-refractivity contribution in [2.45, 2.75) is 12.5 Å². The number of benzene rings is 1. The number of amides is 1. The van der Waals surface area contributed by atoms with Crippen molar-refractivity contribution in [1.82, 2.24) is 14.9 Å². The molecule has 1 saturated heterocycles. The number of carbonyl (C=O) groups excluding carboxylic acids is 1. The molecule has 1 aromatic heterocycles. The van der Waals surface area contributed by atoms with Gasteiger partial charge in [0.2, 0.25) is 17.7 Å². The molecule has 1 amide bonds. The summed E-state index contributed by atoms with van der Waals surface area (Å²) in [4.78, 5) is 28.9. The molecule has 4 rings (SSSR count). The molecule has 0 unspecified atom stereocenters. The Morgan fingerprint density at radius 3 is 2.77 bits per heavy atom. The Labute approximate surface area is 176 Å². The molecule has 0 aliphatic carbocycles. The van der Waals surface area contributed by atoms with E-state index in [-0.39, 0.29) is 47.5 Å². The third-order valence-corrected chi connectivity index (χ3v) is 5.87. The second kappa shape index (κ2) is 7.05. The molecule has 30 heavy (non-hydrogen) atoms. The topological polar surface area (TPSA) is 96.9 Å². The Kier molecular flexibility index (Phi) is 4.76. The van der Waals surface area contributed by atoms with Crippen LogP contribution in [0.1, 0.15) is 11.3 Å². The first-order chi connectivity index (χ1) is 14.2. The van der Waals surface area contributed by atoms with Crippen LogP contribution in [0.25, 0.3) is 0 Å². The van der Waals surface area contributed by atoms with E-state index in [9.17, 15) is 13.6 Å². The molecule has 1 aromatic carbocycles. The fourth-order valence-corrected chi connectivity index (χ4v) is 4.25. The second-order valence-corrected chi connectivity index (χ2v) is 7.69. The van der Waals surface area contributed by atoms with Gasteiger partial charge >= 0.3 is 0 Å². The molecule has 0 radical (unpaired) electrons. The molecule has 0 saturated carbocycles. The summed E-state index contributed by atoms with van der Waals surface area (Å²) in [6.07, 6.45) is 0. The molecule has 11 heteroatoms. The normalized spacial score (nSPS) is 23.5. The van der Waals surface area contributed by atoms with Crippen LogP contribution >= 0.6 is 11.6 Å². The van der Waals surface area contributed by atoms with Gasteiger partial charge in [0.05, 0.1) is 25.3 Å². The van der Waals surface area contributed by atoms with Gasteiger partial charge in [-0.2, -0.15) is 9.37 Å². The number of aliphatic imine (C=N–C) groups is 1. The van der Waals surface area contributed by atoms with E-state index >= 15 is 0 Å². The zero-order valence-electron chi connectivity index (χ0n) is 16.5. The molecule has 2 atom stereocenters. The number of hydrogen-bond donors (Lipinski definition) is 1. The fourth-order valence-electron chi connectivity index (χ4n) is 3.97. The summed E-state index contributed by atoms with van der Waals surface area (Å²) >= 11 is 6.39. The van der Waals surface area contributed by atoms with Crippen molar-refractivity contribution >= 4 is 29.4 Å². The SMILES string of the molecule is COc1nc(N2C[C@H]3C(=O)N(C)C(N)=N[C@@]3(c3cc(F)ccc3Cl)C2)nc(C)c1F. The van der Waals surface area contributed by atoms with Crippen LogP contribution in [-0.4, -0.2) is 54.0 Å². The van der Waals surface area contributed by atoms with Gasteiger partial charge in [0.25, 0.3) is 5.88 Å². The molecule has 3 heterocycles. The number of carbonyl (C=O) groups is 1. The van der Waals surface area contributed by atoms with Gasteiger partial charge in [0.1, 0.15) is 11.4 Å². The molecule has 158 valence electrons.